The second kappa shape index (κ2) is 5.27. The Hall–Kier alpha value is -0.0800. The minimum absolute atomic E-state index is 0.303. The third-order valence-electron chi connectivity index (χ3n) is 4.67. The van der Waals surface area contributed by atoms with Gasteiger partial charge in [-0.15, -0.1) is 0 Å². The van der Waals surface area contributed by atoms with Crippen LogP contribution in [-0.2, 0) is 0 Å². The van der Waals surface area contributed by atoms with Crippen molar-refractivity contribution < 1.29 is 0 Å². The van der Waals surface area contributed by atoms with Crippen molar-refractivity contribution in [2.75, 3.05) is 19.6 Å². The third kappa shape index (κ3) is 3.45. The van der Waals surface area contributed by atoms with Gasteiger partial charge in [0.15, 0.2) is 0 Å². The smallest absolute Gasteiger partial charge is 0.0252 e. The van der Waals surface area contributed by atoms with Crippen molar-refractivity contribution >= 4 is 0 Å². The molecule has 100 valence electrons. The van der Waals surface area contributed by atoms with E-state index < -0.39 is 0 Å². The first-order chi connectivity index (χ1) is 8.05. The second-order valence-corrected chi connectivity index (χ2v) is 6.78. The molecule has 1 saturated heterocycles. The molecule has 1 aliphatic heterocycles. The molecule has 1 aliphatic carbocycles. The van der Waals surface area contributed by atoms with Crippen LogP contribution >= 0.6 is 0 Å². The maximum absolute atomic E-state index is 3.73. The molecule has 0 aromatic rings. The lowest BCUT2D eigenvalue weighted by atomic mass is 9.93. The first-order valence-corrected chi connectivity index (χ1v) is 7.54. The van der Waals surface area contributed by atoms with E-state index in [1.165, 1.54) is 45.3 Å². The highest BCUT2D eigenvalue weighted by molar-refractivity contribution is 4.98. The summed E-state index contributed by atoms with van der Waals surface area (Å²) in [5.41, 5.74) is 0.303. The van der Waals surface area contributed by atoms with Crippen LogP contribution in [0.2, 0.25) is 0 Å². The highest BCUT2D eigenvalue weighted by Gasteiger charge is 2.41. The summed E-state index contributed by atoms with van der Waals surface area (Å²) in [7, 11) is 0. The van der Waals surface area contributed by atoms with E-state index in [-0.39, 0.29) is 0 Å². The molecule has 0 spiro atoms. The lowest BCUT2D eigenvalue weighted by molar-refractivity contribution is 0.0661. The molecule has 0 bridgehead atoms. The summed E-state index contributed by atoms with van der Waals surface area (Å²) >= 11 is 0. The van der Waals surface area contributed by atoms with Gasteiger partial charge in [0.2, 0.25) is 0 Å². The zero-order chi connectivity index (χ0) is 12.5. The quantitative estimate of drug-likeness (QED) is 0.792. The van der Waals surface area contributed by atoms with Gasteiger partial charge in [-0.1, -0.05) is 26.7 Å². The van der Waals surface area contributed by atoms with Gasteiger partial charge in [0.25, 0.3) is 0 Å². The lowest BCUT2D eigenvalue weighted by Gasteiger charge is -2.46. The number of hydrogen-bond donors (Lipinski definition) is 1. The number of hydrogen-bond acceptors (Lipinski definition) is 2. The number of piperazine rings is 1. The predicted octanol–water partition coefficient (Wildman–Crippen LogP) is 2.89. The first-order valence-electron chi connectivity index (χ1n) is 7.54. The van der Waals surface area contributed by atoms with E-state index in [0.29, 0.717) is 5.54 Å². The van der Waals surface area contributed by atoms with Crippen molar-refractivity contribution in [3.8, 4) is 0 Å². The molecule has 0 radical (unpaired) electrons. The summed E-state index contributed by atoms with van der Waals surface area (Å²) in [5, 5.41) is 3.73. The summed E-state index contributed by atoms with van der Waals surface area (Å²) in [5.74, 6) is 1.89. The molecule has 1 atom stereocenters. The number of nitrogens with zero attached hydrogens (tertiary/aromatic N) is 1. The van der Waals surface area contributed by atoms with E-state index in [9.17, 15) is 0 Å². The van der Waals surface area contributed by atoms with Crippen LogP contribution in [0.1, 0.15) is 53.4 Å². The molecule has 2 rings (SSSR count). The second-order valence-electron chi connectivity index (χ2n) is 6.78. The van der Waals surface area contributed by atoms with E-state index in [0.717, 1.165) is 17.9 Å². The summed E-state index contributed by atoms with van der Waals surface area (Å²) in [6, 6.07) is 0.823. The molecular formula is C15H30N2. The SMILES string of the molecule is CCC(CC)CN1CC(C)(C)NCC1C1CC1. The van der Waals surface area contributed by atoms with Crippen molar-refractivity contribution in [1.82, 2.24) is 10.2 Å². The molecule has 0 amide bonds. The Bertz CT molecular complexity index is 241. The van der Waals surface area contributed by atoms with E-state index in [2.05, 4.69) is 37.9 Å². The van der Waals surface area contributed by atoms with Gasteiger partial charge in [0.05, 0.1) is 0 Å². The van der Waals surface area contributed by atoms with Crippen LogP contribution in [0.5, 0.6) is 0 Å². The molecular weight excluding hydrogens is 208 g/mol. The standard InChI is InChI=1S/C15H30N2/c1-5-12(6-2)10-17-11-15(3,4)16-9-14(17)13-7-8-13/h12-14,16H,5-11H2,1-4H3. The van der Waals surface area contributed by atoms with Gasteiger partial charge in [-0.2, -0.15) is 0 Å². The highest BCUT2D eigenvalue weighted by atomic mass is 15.3. The van der Waals surface area contributed by atoms with Crippen LogP contribution < -0.4 is 5.32 Å². The molecule has 17 heavy (non-hydrogen) atoms. The summed E-state index contributed by atoms with van der Waals surface area (Å²) in [6.07, 6.45) is 5.59. The Labute approximate surface area is 107 Å². The van der Waals surface area contributed by atoms with E-state index >= 15 is 0 Å². The van der Waals surface area contributed by atoms with Crippen molar-refractivity contribution in [2.24, 2.45) is 11.8 Å². The summed E-state index contributed by atoms with van der Waals surface area (Å²) in [6.45, 7) is 13.1. The fraction of sp³-hybridized carbons (Fsp3) is 1.00. The van der Waals surface area contributed by atoms with Gasteiger partial charge in [0.1, 0.15) is 0 Å². The average Bonchev–Trinajstić information content (AvgIpc) is 3.09. The van der Waals surface area contributed by atoms with E-state index in [1.807, 2.05) is 0 Å². The summed E-state index contributed by atoms with van der Waals surface area (Å²) < 4.78 is 0. The molecule has 0 aromatic heterocycles. The first kappa shape index (κ1) is 13.4. The van der Waals surface area contributed by atoms with Gasteiger partial charge < -0.3 is 5.32 Å². The predicted molar refractivity (Wildman–Crippen MR) is 74.2 cm³/mol. The molecule has 1 saturated carbocycles. The van der Waals surface area contributed by atoms with Crippen molar-refractivity contribution in [2.45, 2.75) is 65.0 Å². The van der Waals surface area contributed by atoms with Gasteiger partial charge in [-0.25, -0.2) is 0 Å². The molecule has 2 aliphatic rings. The Kier molecular flexibility index (Phi) is 4.14. The van der Waals surface area contributed by atoms with Crippen LogP contribution in [0.15, 0.2) is 0 Å². The van der Waals surface area contributed by atoms with Gasteiger partial charge in [0, 0.05) is 31.2 Å². The largest absolute Gasteiger partial charge is 0.309 e. The fourth-order valence-electron chi connectivity index (χ4n) is 3.22. The van der Waals surface area contributed by atoms with Crippen LogP contribution in [0, 0.1) is 11.8 Å². The van der Waals surface area contributed by atoms with E-state index in [1.54, 1.807) is 0 Å². The van der Waals surface area contributed by atoms with Crippen molar-refractivity contribution in [3.05, 3.63) is 0 Å². The van der Waals surface area contributed by atoms with Gasteiger partial charge in [-0.05, 0) is 38.5 Å². The fourth-order valence-corrected chi connectivity index (χ4v) is 3.22. The lowest BCUT2D eigenvalue weighted by Crippen LogP contribution is -2.62. The molecule has 1 N–H and O–H groups in total. The Morgan fingerprint density at radius 3 is 2.41 bits per heavy atom. The third-order valence-corrected chi connectivity index (χ3v) is 4.67. The van der Waals surface area contributed by atoms with Crippen LogP contribution in [0.25, 0.3) is 0 Å². The van der Waals surface area contributed by atoms with Crippen LogP contribution in [0.4, 0.5) is 0 Å². The zero-order valence-corrected chi connectivity index (χ0v) is 12.1. The molecule has 2 nitrogen and oxygen atoms in total. The van der Waals surface area contributed by atoms with E-state index in [4.69, 9.17) is 0 Å². The molecule has 1 heterocycles. The van der Waals surface area contributed by atoms with Gasteiger partial charge in [-0.3, -0.25) is 4.90 Å². The minimum atomic E-state index is 0.303. The Morgan fingerprint density at radius 1 is 1.24 bits per heavy atom. The minimum Gasteiger partial charge on any atom is -0.309 e. The molecule has 0 aromatic carbocycles. The number of nitrogens with one attached hydrogen (secondary N) is 1. The maximum Gasteiger partial charge on any atom is 0.0252 e. The summed E-state index contributed by atoms with van der Waals surface area (Å²) in [4.78, 5) is 2.80. The average molecular weight is 238 g/mol. The van der Waals surface area contributed by atoms with Crippen molar-refractivity contribution in [1.29, 1.82) is 0 Å². The topological polar surface area (TPSA) is 15.3 Å². The number of rotatable bonds is 5. The normalized spacial score (nSPS) is 29.8. The highest BCUT2D eigenvalue weighted by Crippen LogP contribution is 2.37. The maximum atomic E-state index is 3.73. The van der Waals surface area contributed by atoms with Crippen LogP contribution in [-0.4, -0.2) is 36.1 Å². The van der Waals surface area contributed by atoms with Crippen molar-refractivity contribution in [3.63, 3.8) is 0 Å². The monoisotopic (exact) mass is 238 g/mol. The van der Waals surface area contributed by atoms with Crippen LogP contribution in [0.3, 0.4) is 0 Å². The molecule has 2 fully saturated rings. The Morgan fingerprint density at radius 2 is 1.88 bits per heavy atom. The molecule has 1 unspecified atom stereocenters. The molecule has 2 heteroatoms. The zero-order valence-electron chi connectivity index (χ0n) is 12.1. The van der Waals surface area contributed by atoms with Gasteiger partial charge >= 0.3 is 0 Å². The Balaban J connectivity index is 1.97.